The normalized spacial score (nSPS) is 14.8. The molecule has 0 unspecified atom stereocenters. The van der Waals surface area contributed by atoms with Crippen LogP contribution in [0.2, 0.25) is 0 Å². The third-order valence-corrected chi connectivity index (χ3v) is 6.28. The minimum Gasteiger partial charge on any atom is -0.396 e. The van der Waals surface area contributed by atoms with E-state index in [4.69, 9.17) is 0 Å². The Labute approximate surface area is 177 Å². The van der Waals surface area contributed by atoms with Crippen LogP contribution in [0.25, 0.3) is 10.6 Å². The Morgan fingerprint density at radius 2 is 1.90 bits per heavy atom. The van der Waals surface area contributed by atoms with Gasteiger partial charge in [-0.15, -0.1) is 11.3 Å². The second kappa shape index (κ2) is 9.41. The number of hydrogen-bond acceptors (Lipinski definition) is 9. The zero-order valence-corrected chi connectivity index (χ0v) is 17.1. The molecule has 0 bridgehead atoms. The molecule has 1 aliphatic rings. The molecule has 0 atom stereocenters. The molecular weight excluding hydrogens is 407 g/mol. The third-order valence-electron chi connectivity index (χ3n) is 5.16. The van der Waals surface area contributed by atoms with E-state index in [2.05, 4.69) is 25.3 Å². The van der Waals surface area contributed by atoms with Crippen LogP contribution in [-0.4, -0.2) is 49.8 Å². The Morgan fingerprint density at radius 3 is 2.57 bits per heavy atom. The topological polar surface area (TPSA) is 107 Å². The number of nitrogens with zero attached hydrogens (tertiary/aromatic N) is 5. The van der Waals surface area contributed by atoms with Crippen molar-refractivity contribution in [3.8, 4) is 10.6 Å². The first-order valence-electron chi connectivity index (χ1n) is 9.81. The van der Waals surface area contributed by atoms with Gasteiger partial charge in [0.05, 0.1) is 29.3 Å². The number of aromatic nitrogens is 4. The first kappa shape index (κ1) is 20.6. The van der Waals surface area contributed by atoms with Gasteiger partial charge in [-0.1, -0.05) is 0 Å². The van der Waals surface area contributed by atoms with E-state index in [1.807, 2.05) is 4.90 Å². The summed E-state index contributed by atoms with van der Waals surface area (Å²) in [6.07, 6.45) is 5.00. The van der Waals surface area contributed by atoms with Crippen molar-refractivity contribution in [2.24, 2.45) is 5.92 Å². The maximum atomic E-state index is 14.8. The molecule has 0 amide bonds. The summed E-state index contributed by atoms with van der Waals surface area (Å²) in [5.41, 5.74) is 0.936. The highest BCUT2D eigenvalue weighted by atomic mass is 32.1. The van der Waals surface area contributed by atoms with E-state index in [9.17, 15) is 14.6 Å². The summed E-state index contributed by atoms with van der Waals surface area (Å²) in [4.78, 5) is 19.5. The van der Waals surface area contributed by atoms with E-state index in [0.29, 0.717) is 45.4 Å². The number of hydrogen-bond donors (Lipinski definition) is 3. The highest BCUT2D eigenvalue weighted by Crippen LogP contribution is 2.31. The molecule has 1 aliphatic heterocycles. The fourth-order valence-corrected chi connectivity index (χ4v) is 4.37. The minimum atomic E-state index is -0.582. The van der Waals surface area contributed by atoms with Gasteiger partial charge >= 0.3 is 0 Å². The third kappa shape index (κ3) is 4.55. The molecule has 3 N–H and O–H groups in total. The van der Waals surface area contributed by atoms with Gasteiger partial charge in [0, 0.05) is 32.1 Å². The van der Waals surface area contributed by atoms with E-state index in [-0.39, 0.29) is 13.2 Å². The maximum absolute atomic E-state index is 14.8. The Kier molecular flexibility index (Phi) is 6.46. The number of halogens is 1. The SMILES string of the molecule is OCc1sc(-c2ccc(N3CCC(CO)CC3)nc2F)nc1CNc1ncccn1. The summed E-state index contributed by atoms with van der Waals surface area (Å²) in [6.45, 7) is 1.83. The van der Waals surface area contributed by atoms with Crippen molar-refractivity contribution in [3.05, 3.63) is 47.1 Å². The van der Waals surface area contributed by atoms with Crippen LogP contribution < -0.4 is 10.2 Å². The molecule has 4 heterocycles. The fraction of sp³-hybridized carbons (Fsp3) is 0.400. The molecule has 158 valence electrons. The van der Waals surface area contributed by atoms with Crippen molar-refractivity contribution in [1.29, 1.82) is 0 Å². The molecule has 0 saturated carbocycles. The molecule has 1 fully saturated rings. The number of thiazole rings is 1. The second-order valence-corrected chi connectivity index (χ2v) is 8.18. The average molecular weight is 431 g/mol. The summed E-state index contributed by atoms with van der Waals surface area (Å²) in [6, 6.07) is 5.21. The summed E-state index contributed by atoms with van der Waals surface area (Å²) in [5, 5.41) is 22.5. The van der Waals surface area contributed by atoms with Crippen molar-refractivity contribution in [2.75, 3.05) is 29.9 Å². The van der Waals surface area contributed by atoms with Crippen molar-refractivity contribution < 1.29 is 14.6 Å². The smallest absolute Gasteiger partial charge is 0.225 e. The molecule has 4 rings (SSSR count). The van der Waals surface area contributed by atoms with Gasteiger partial charge in [0.25, 0.3) is 0 Å². The van der Waals surface area contributed by atoms with Crippen molar-refractivity contribution in [3.63, 3.8) is 0 Å². The minimum absolute atomic E-state index is 0.183. The predicted molar refractivity (Wildman–Crippen MR) is 113 cm³/mol. The molecule has 10 heteroatoms. The van der Waals surface area contributed by atoms with E-state index >= 15 is 0 Å². The Morgan fingerprint density at radius 1 is 1.13 bits per heavy atom. The van der Waals surface area contributed by atoms with Gasteiger partial charge in [-0.2, -0.15) is 4.39 Å². The molecule has 30 heavy (non-hydrogen) atoms. The van der Waals surface area contributed by atoms with Crippen LogP contribution in [0.3, 0.4) is 0 Å². The molecule has 0 radical (unpaired) electrons. The van der Waals surface area contributed by atoms with Crippen molar-refractivity contribution in [1.82, 2.24) is 19.9 Å². The highest BCUT2D eigenvalue weighted by Gasteiger charge is 2.22. The van der Waals surface area contributed by atoms with E-state index in [1.165, 1.54) is 11.3 Å². The lowest BCUT2D eigenvalue weighted by Crippen LogP contribution is -2.35. The largest absolute Gasteiger partial charge is 0.396 e. The number of anilines is 2. The van der Waals surface area contributed by atoms with Crippen LogP contribution in [0.4, 0.5) is 16.2 Å². The Bertz CT molecular complexity index is 979. The Hall–Kier alpha value is -2.69. The van der Waals surface area contributed by atoms with Gasteiger partial charge in [-0.05, 0) is 37.0 Å². The van der Waals surface area contributed by atoms with Crippen LogP contribution in [0.5, 0.6) is 0 Å². The first-order valence-corrected chi connectivity index (χ1v) is 10.6. The molecule has 0 aromatic carbocycles. The van der Waals surface area contributed by atoms with Crippen molar-refractivity contribution in [2.45, 2.75) is 26.0 Å². The summed E-state index contributed by atoms with van der Waals surface area (Å²) < 4.78 is 14.8. The molecule has 3 aromatic rings. The molecule has 3 aromatic heterocycles. The van der Waals surface area contributed by atoms with E-state index in [1.54, 1.807) is 30.6 Å². The van der Waals surface area contributed by atoms with Crippen LogP contribution in [0, 0.1) is 11.9 Å². The molecule has 0 aliphatic carbocycles. The van der Waals surface area contributed by atoms with Crippen molar-refractivity contribution >= 4 is 23.1 Å². The molecular formula is C20H23FN6O2S. The second-order valence-electron chi connectivity index (χ2n) is 7.09. The van der Waals surface area contributed by atoms with Gasteiger partial charge in [0.15, 0.2) is 0 Å². The standard InChI is InChI=1S/C20H23FN6O2S/c21-18-14(2-3-17(26-18)27-8-4-13(11-28)5-9-27)19-25-15(16(12-29)30-19)10-24-20-22-6-1-7-23-20/h1-3,6-7,13,28-29H,4-5,8-12H2,(H,22,23,24). The molecule has 0 spiro atoms. The van der Waals surface area contributed by atoms with Gasteiger partial charge in [0.2, 0.25) is 11.9 Å². The van der Waals surface area contributed by atoms with Gasteiger partial charge in [-0.25, -0.2) is 19.9 Å². The number of rotatable bonds is 7. The predicted octanol–water partition coefficient (Wildman–Crippen LogP) is 2.45. The lowest BCUT2D eigenvalue weighted by Gasteiger charge is -2.32. The van der Waals surface area contributed by atoms with Crippen LogP contribution in [-0.2, 0) is 13.2 Å². The zero-order valence-electron chi connectivity index (χ0n) is 16.3. The zero-order chi connectivity index (χ0) is 20.9. The average Bonchev–Trinajstić information content (AvgIpc) is 3.21. The Balaban J connectivity index is 1.50. The number of aliphatic hydroxyl groups excluding tert-OH is 2. The highest BCUT2D eigenvalue weighted by molar-refractivity contribution is 7.15. The first-order chi connectivity index (χ1) is 14.7. The maximum Gasteiger partial charge on any atom is 0.225 e. The number of piperidine rings is 1. The number of pyridine rings is 1. The summed E-state index contributed by atoms with van der Waals surface area (Å²) in [5.74, 6) is 0.777. The lowest BCUT2D eigenvalue weighted by atomic mass is 9.98. The van der Waals surface area contributed by atoms with E-state index in [0.717, 1.165) is 25.9 Å². The quantitative estimate of drug-likeness (QED) is 0.491. The monoisotopic (exact) mass is 430 g/mol. The number of aliphatic hydroxyl groups is 2. The summed E-state index contributed by atoms with van der Waals surface area (Å²) in [7, 11) is 0. The molecule has 8 nitrogen and oxygen atoms in total. The number of nitrogens with one attached hydrogen (secondary N) is 1. The van der Waals surface area contributed by atoms with Gasteiger partial charge in [-0.3, -0.25) is 0 Å². The van der Waals surface area contributed by atoms with E-state index < -0.39 is 5.95 Å². The summed E-state index contributed by atoms with van der Waals surface area (Å²) >= 11 is 1.24. The molecule has 1 saturated heterocycles. The van der Waals surface area contributed by atoms with Crippen LogP contribution in [0.1, 0.15) is 23.4 Å². The van der Waals surface area contributed by atoms with Gasteiger partial charge < -0.3 is 20.4 Å². The lowest BCUT2D eigenvalue weighted by molar-refractivity contribution is 0.202. The van der Waals surface area contributed by atoms with Crippen LogP contribution >= 0.6 is 11.3 Å². The van der Waals surface area contributed by atoms with Crippen LogP contribution in [0.15, 0.2) is 30.6 Å². The van der Waals surface area contributed by atoms with Gasteiger partial charge in [0.1, 0.15) is 10.8 Å². The fourth-order valence-electron chi connectivity index (χ4n) is 3.42.